The highest BCUT2D eigenvalue weighted by molar-refractivity contribution is 7.19. The Morgan fingerprint density at radius 2 is 2.17 bits per heavy atom. The molecule has 3 rings (SSSR count). The van der Waals surface area contributed by atoms with E-state index in [0.717, 1.165) is 27.4 Å². The summed E-state index contributed by atoms with van der Waals surface area (Å²) in [5.74, 6) is 0.638. The number of nitrogens with one attached hydrogen (secondary N) is 1. The first-order chi connectivity index (χ1) is 11.7. The van der Waals surface area contributed by atoms with Crippen LogP contribution < -0.4 is 10.1 Å². The number of rotatable bonds is 5. The molecular formula is C18H17N3O2S. The number of pyridine rings is 1. The van der Waals surface area contributed by atoms with E-state index in [-0.39, 0.29) is 12.3 Å². The summed E-state index contributed by atoms with van der Waals surface area (Å²) in [5, 5.41) is 3.46. The van der Waals surface area contributed by atoms with Gasteiger partial charge >= 0.3 is 0 Å². The molecule has 0 spiro atoms. The van der Waals surface area contributed by atoms with Gasteiger partial charge in [-0.3, -0.25) is 9.78 Å². The molecule has 6 heteroatoms. The molecule has 2 aromatic heterocycles. The molecule has 0 aliphatic rings. The fraction of sp³-hybridized carbons (Fsp3) is 0.167. The summed E-state index contributed by atoms with van der Waals surface area (Å²) in [6.07, 6.45) is 3.80. The minimum atomic E-state index is -0.102. The molecule has 5 nitrogen and oxygen atoms in total. The first kappa shape index (κ1) is 16.1. The number of carbonyl (C=O) groups excluding carboxylic acids is 1. The second kappa shape index (κ2) is 7.23. The van der Waals surface area contributed by atoms with Gasteiger partial charge in [-0.1, -0.05) is 29.5 Å². The number of nitrogens with zero attached hydrogens (tertiary/aromatic N) is 2. The zero-order chi connectivity index (χ0) is 16.9. The first-order valence-corrected chi connectivity index (χ1v) is 8.28. The van der Waals surface area contributed by atoms with E-state index in [1.807, 2.05) is 43.3 Å². The van der Waals surface area contributed by atoms with Gasteiger partial charge in [0.25, 0.3) is 0 Å². The van der Waals surface area contributed by atoms with E-state index in [9.17, 15) is 4.79 Å². The molecule has 2 heterocycles. The molecule has 0 bridgehead atoms. The number of hydrogen-bond acceptors (Lipinski definition) is 5. The van der Waals surface area contributed by atoms with Gasteiger partial charge in [0.15, 0.2) is 5.13 Å². The number of benzene rings is 1. The quantitative estimate of drug-likeness (QED) is 0.770. The molecule has 0 unspecified atom stereocenters. The van der Waals surface area contributed by atoms with Crippen molar-refractivity contribution < 1.29 is 9.53 Å². The Morgan fingerprint density at radius 3 is 2.92 bits per heavy atom. The lowest BCUT2D eigenvalue weighted by Gasteiger charge is -2.04. The lowest BCUT2D eigenvalue weighted by molar-refractivity contribution is -0.115. The maximum atomic E-state index is 12.2. The molecule has 0 aliphatic heterocycles. The van der Waals surface area contributed by atoms with Gasteiger partial charge < -0.3 is 10.1 Å². The Kier molecular flexibility index (Phi) is 4.86. The van der Waals surface area contributed by atoms with E-state index in [2.05, 4.69) is 15.3 Å². The van der Waals surface area contributed by atoms with Crippen LogP contribution >= 0.6 is 11.3 Å². The molecule has 3 aromatic rings. The van der Waals surface area contributed by atoms with E-state index in [0.29, 0.717) is 5.13 Å². The lowest BCUT2D eigenvalue weighted by Crippen LogP contribution is -2.14. The topological polar surface area (TPSA) is 64.1 Å². The number of aryl methyl sites for hydroxylation is 1. The third kappa shape index (κ3) is 3.78. The van der Waals surface area contributed by atoms with Crippen molar-refractivity contribution >= 4 is 22.4 Å². The summed E-state index contributed by atoms with van der Waals surface area (Å²) in [7, 11) is 1.61. The largest absolute Gasteiger partial charge is 0.497 e. The van der Waals surface area contributed by atoms with Gasteiger partial charge in [0.1, 0.15) is 5.75 Å². The normalized spacial score (nSPS) is 10.4. The second-order valence-corrected chi connectivity index (χ2v) is 6.25. The van der Waals surface area contributed by atoms with Gasteiger partial charge in [0.2, 0.25) is 5.91 Å². The molecular weight excluding hydrogens is 322 g/mol. The summed E-state index contributed by atoms with van der Waals surface area (Å²) in [6.45, 7) is 1.93. The van der Waals surface area contributed by atoms with Crippen LogP contribution in [0.3, 0.4) is 0 Å². The van der Waals surface area contributed by atoms with Crippen LogP contribution in [0.15, 0.2) is 48.8 Å². The summed E-state index contributed by atoms with van der Waals surface area (Å²) >= 11 is 1.45. The fourth-order valence-corrected chi connectivity index (χ4v) is 3.32. The van der Waals surface area contributed by atoms with Gasteiger partial charge in [0.05, 0.1) is 24.1 Å². The summed E-state index contributed by atoms with van der Waals surface area (Å²) in [6, 6.07) is 11.3. The van der Waals surface area contributed by atoms with Gasteiger partial charge in [-0.15, -0.1) is 0 Å². The maximum absolute atomic E-state index is 12.2. The van der Waals surface area contributed by atoms with E-state index in [4.69, 9.17) is 4.74 Å². The Balaban J connectivity index is 1.71. The molecule has 1 aromatic carbocycles. The number of amides is 1. The minimum absolute atomic E-state index is 0.102. The van der Waals surface area contributed by atoms with Gasteiger partial charge in [0, 0.05) is 18.0 Å². The van der Waals surface area contributed by atoms with Crippen LogP contribution in [0, 0.1) is 6.92 Å². The molecule has 0 saturated heterocycles. The van der Waals surface area contributed by atoms with Crippen molar-refractivity contribution in [2.75, 3.05) is 12.4 Å². The molecule has 24 heavy (non-hydrogen) atoms. The zero-order valence-corrected chi connectivity index (χ0v) is 14.3. The fourth-order valence-electron chi connectivity index (χ4n) is 2.35. The van der Waals surface area contributed by atoms with Gasteiger partial charge in [-0.25, -0.2) is 4.98 Å². The lowest BCUT2D eigenvalue weighted by atomic mass is 10.1. The molecule has 0 radical (unpaired) electrons. The molecule has 0 saturated carbocycles. The number of hydrogen-bond donors (Lipinski definition) is 1. The monoisotopic (exact) mass is 339 g/mol. The number of thiazole rings is 1. The molecule has 1 amide bonds. The molecule has 0 fully saturated rings. The Hall–Kier alpha value is -2.73. The van der Waals surface area contributed by atoms with Crippen LogP contribution in [0.4, 0.5) is 5.13 Å². The van der Waals surface area contributed by atoms with Crippen molar-refractivity contribution in [3.05, 3.63) is 60.0 Å². The second-order valence-electron chi connectivity index (χ2n) is 5.25. The SMILES string of the molecule is COc1cccc(CC(=O)Nc2nc(C)c(-c3cccnc3)s2)c1. The summed E-state index contributed by atoms with van der Waals surface area (Å²) in [5.41, 5.74) is 2.78. The average molecular weight is 339 g/mol. The zero-order valence-electron chi connectivity index (χ0n) is 13.4. The van der Waals surface area contributed by atoms with E-state index in [1.54, 1.807) is 19.5 Å². The summed E-state index contributed by atoms with van der Waals surface area (Å²) in [4.78, 5) is 21.8. The minimum Gasteiger partial charge on any atom is -0.497 e. The van der Waals surface area contributed by atoms with Crippen molar-refractivity contribution in [2.24, 2.45) is 0 Å². The molecule has 0 atom stereocenters. The van der Waals surface area contributed by atoms with E-state index < -0.39 is 0 Å². The van der Waals surface area contributed by atoms with Crippen LogP contribution in [0.25, 0.3) is 10.4 Å². The highest BCUT2D eigenvalue weighted by Crippen LogP contribution is 2.32. The Bertz CT molecular complexity index is 846. The highest BCUT2D eigenvalue weighted by atomic mass is 32.1. The summed E-state index contributed by atoms with van der Waals surface area (Å²) < 4.78 is 5.17. The predicted molar refractivity (Wildman–Crippen MR) is 95.4 cm³/mol. The highest BCUT2D eigenvalue weighted by Gasteiger charge is 2.12. The van der Waals surface area contributed by atoms with E-state index in [1.165, 1.54) is 11.3 Å². The number of aromatic nitrogens is 2. The third-order valence-corrected chi connectivity index (χ3v) is 4.59. The van der Waals surface area contributed by atoms with E-state index >= 15 is 0 Å². The number of ether oxygens (including phenoxy) is 1. The Labute approximate surface area is 144 Å². The predicted octanol–water partition coefficient (Wildman–Crippen LogP) is 3.70. The third-order valence-electron chi connectivity index (χ3n) is 3.47. The maximum Gasteiger partial charge on any atom is 0.230 e. The van der Waals surface area contributed by atoms with Crippen LogP contribution in [0.2, 0.25) is 0 Å². The van der Waals surface area contributed by atoms with Crippen molar-refractivity contribution in [1.29, 1.82) is 0 Å². The molecule has 1 N–H and O–H groups in total. The standard InChI is InChI=1S/C18H17N3O2S/c1-12-17(14-6-4-8-19-11-14)24-18(20-12)21-16(22)10-13-5-3-7-15(9-13)23-2/h3-9,11H,10H2,1-2H3,(H,20,21,22). The van der Waals surface area contributed by atoms with Gasteiger partial charge in [-0.2, -0.15) is 0 Å². The number of methoxy groups -OCH3 is 1. The number of carbonyl (C=O) groups is 1. The van der Waals surface area contributed by atoms with Crippen molar-refractivity contribution in [1.82, 2.24) is 9.97 Å². The Morgan fingerprint density at radius 1 is 1.29 bits per heavy atom. The van der Waals surface area contributed by atoms with Crippen LogP contribution in [0.1, 0.15) is 11.3 Å². The van der Waals surface area contributed by atoms with Crippen LogP contribution in [-0.2, 0) is 11.2 Å². The van der Waals surface area contributed by atoms with Crippen molar-refractivity contribution in [3.63, 3.8) is 0 Å². The molecule has 122 valence electrons. The van der Waals surface area contributed by atoms with Gasteiger partial charge in [-0.05, 0) is 30.7 Å². The van der Waals surface area contributed by atoms with Crippen LogP contribution in [-0.4, -0.2) is 23.0 Å². The number of anilines is 1. The van der Waals surface area contributed by atoms with Crippen molar-refractivity contribution in [3.8, 4) is 16.2 Å². The molecule has 0 aliphatic carbocycles. The van der Waals surface area contributed by atoms with Crippen molar-refractivity contribution in [2.45, 2.75) is 13.3 Å². The first-order valence-electron chi connectivity index (χ1n) is 7.46. The smallest absolute Gasteiger partial charge is 0.230 e. The van der Waals surface area contributed by atoms with Crippen LogP contribution in [0.5, 0.6) is 5.75 Å². The average Bonchev–Trinajstić information content (AvgIpc) is 2.96.